The van der Waals surface area contributed by atoms with Gasteiger partial charge in [-0.2, -0.15) is 0 Å². The number of fused-ring (bicyclic) bond motifs is 15. The maximum absolute atomic E-state index is 5.42. The standard InChI is InChI=1S/C60H38N2/c1-2-14-38(15-3-1)39-26-28-40(29-27-39)59-61-57(42-30-32-46-44(35-42)34-41-16-4-5-17-45(41)46)37-58(62-59)43-31-33-56-52(36-43)48-19-7-6-18-47(48)49-20-8-11-23-53(49)60(56)54-24-12-9-21-50(54)51-22-10-13-25-55(51)60/h1-33,35-37H,34H2. The van der Waals surface area contributed by atoms with Crippen molar-refractivity contribution in [2.45, 2.75) is 11.8 Å². The minimum absolute atomic E-state index is 0.527. The van der Waals surface area contributed by atoms with Gasteiger partial charge < -0.3 is 0 Å². The highest BCUT2D eigenvalue weighted by atomic mass is 14.9. The molecule has 0 saturated carbocycles. The number of benzene rings is 9. The third-order valence-electron chi connectivity index (χ3n) is 13.6. The minimum atomic E-state index is -0.527. The number of hydrogen-bond acceptors (Lipinski definition) is 2. The van der Waals surface area contributed by atoms with E-state index in [9.17, 15) is 0 Å². The number of aromatic nitrogens is 2. The van der Waals surface area contributed by atoms with Gasteiger partial charge >= 0.3 is 0 Å². The third-order valence-corrected chi connectivity index (χ3v) is 13.6. The van der Waals surface area contributed by atoms with Gasteiger partial charge in [0.05, 0.1) is 16.8 Å². The van der Waals surface area contributed by atoms with Crippen LogP contribution < -0.4 is 0 Å². The van der Waals surface area contributed by atoms with Crippen LogP contribution in [0.5, 0.6) is 0 Å². The van der Waals surface area contributed by atoms with E-state index in [1.54, 1.807) is 0 Å². The highest BCUT2D eigenvalue weighted by Crippen LogP contribution is 2.61. The van der Waals surface area contributed by atoms with Gasteiger partial charge in [-0.3, -0.25) is 0 Å². The lowest BCUT2D eigenvalue weighted by Crippen LogP contribution is -2.29. The van der Waals surface area contributed by atoms with E-state index in [-0.39, 0.29) is 0 Å². The molecule has 0 saturated heterocycles. The van der Waals surface area contributed by atoms with E-state index in [4.69, 9.17) is 9.97 Å². The Kier molecular flexibility index (Phi) is 7.62. The quantitative estimate of drug-likeness (QED) is 0.178. The molecule has 0 N–H and O–H groups in total. The van der Waals surface area contributed by atoms with E-state index in [2.05, 4.69) is 218 Å². The molecule has 0 aliphatic heterocycles. The summed E-state index contributed by atoms with van der Waals surface area (Å²) >= 11 is 0. The molecule has 2 nitrogen and oxygen atoms in total. The molecule has 288 valence electrons. The zero-order valence-electron chi connectivity index (χ0n) is 33.9. The molecular formula is C60H38N2. The molecule has 3 aliphatic carbocycles. The summed E-state index contributed by atoms with van der Waals surface area (Å²) in [5.74, 6) is 0.707. The van der Waals surface area contributed by atoms with Gasteiger partial charge in [-0.1, -0.05) is 200 Å². The lowest BCUT2D eigenvalue weighted by molar-refractivity contribution is 0.775. The molecule has 0 atom stereocenters. The second-order valence-corrected chi connectivity index (χ2v) is 16.8. The summed E-state index contributed by atoms with van der Waals surface area (Å²) in [6.07, 6.45) is 0.922. The maximum Gasteiger partial charge on any atom is 0.160 e. The van der Waals surface area contributed by atoms with Crippen molar-refractivity contribution < 1.29 is 0 Å². The van der Waals surface area contributed by atoms with Crippen molar-refractivity contribution in [1.82, 2.24) is 9.97 Å². The Morgan fingerprint density at radius 3 is 1.37 bits per heavy atom. The fourth-order valence-corrected chi connectivity index (χ4v) is 10.8. The topological polar surface area (TPSA) is 25.8 Å². The predicted octanol–water partition coefficient (Wildman–Crippen LogP) is 14.7. The summed E-state index contributed by atoms with van der Waals surface area (Å²) in [5, 5.41) is 0. The SMILES string of the molecule is c1ccc(-c2ccc(-c3nc(-c4ccc5c(c4)Cc4ccccc4-5)cc(-c4ccc5c(c4)-c4ccccc4-c4ccccc4C54c5ccccc5-c5ccccc54)n3)cc2)cc1. The first kappa shape index (κ1) is 34.9. The van der Waals surface area contributed by atoms with Gasteiger partial charge in [0.2, 0.25) is 0 Å². The Balaban J connectivity index is 1.04. The monoisotopic (exact) mass is 786 g/mol. The molecule has 1 spiro atoms. The molecule has 9 aromatic carbocycles. The average Bonchev–Trinajstić information content (AvgIpc) is 3.84. The van der Waals surface area contributed by atoms with Crippen LogP contribution in [0.3, 0.4) is 0 Å². The predicted molar refractivity (Wildman–Crippen MR) is 254 cm³/mol. The fraction of sp³-hybridized carbons (Fsp3) is 0.0333. The van der Waals surface area contributed by atoms with Gasteiger partial charge in [0, 0.05) is 16.7 Å². The Bertz CT molecular complexity index is 3390. The highest BCUT2D eigenvalue weighted by Gasteiger charge is 2.49. The van der Waals surface area contributed by atoms with Gasteiger partial charge in [-0.05, 0) is 114 Å². The normalized spacial score (nSPS) is 13.2. The molecule has 0 amide bonds. The lowest BCUT2D eigenvalue weighted by atomic mass is 9.66. The smallest absolute Gasteiger partial charge is 0.160 e. The van der Waals surface area contributed by atoms with Crippen molar-refractivity contribution in [3.05, 3.63) is 252 Å². The van der Waals surface area contributed by atoms with E-state index in [0.717, 1.165) is 34.5 Å². The van der Waals surface area contributed by atoms with Gasteiger partial charge in [0.15, 0.2) is 5.82 Å². The molecule has 0 fully saturated rings. The van der Waals surface area contributed by atoms with Crippen molar-refractivity contribution in [2.24, 2.45) is 0 Å². The third kappa shape index (κ3) is 5.10. The molecule has 1 aromatic heterocycles. The van der Waals surface area contributed by atoms with Crippen molar-refractivity contribution in [3.63, 3.8) is 0 Å². The summed E-state index contributed by atoms with van der Waals surface area (Å²) < 4.78 is 0. The van der Waals surface area contributed by atoms with E-state index in [1.165, 1.54) is 89.0 Å². The van der Waals surface area contributed by atoms with Crippen LogP contribution in [0, 0.1) is 0 Å². The Morgan fingerprint density at radius 1 is 0.274 bits per heavy atom. The van der Waals surface area contributed by atoms with Gasteiger partial charge in [-0.15, -0.1) is 0 Å². The molecule has 0 unspecified atom stereocenters. The Hall–Kier alpha value is -7.94. The molecule has 10 aromatic rings. The van der Waals surface area contributed by atoms with Crippen LogP contribution in [0.25, 0.3) is 89.5 Å². The van der Waals surface area contributed by atoms with Crippen molar-refractivity contribution in [1.29, 1.82) is 0 Å². The van der Waals surface area contributed by atoms with E-state index in [1.807, 2.05) is 0 Å². The summed E-state index contributed by atoms with van der Waals surface area (Å²) in [4.78, 5) is 10.8. The second kappa shape index (κ2) is 13.5. The molecule has 0 bridgehead atoms. The fourth-order valence-electron chi connectivity index (χ4n) is 10.8. The highest BCUT2D eigenvalue weighted by molar-refractivity contribution is 5.98. The first-order valence-electron chi connectivity index (χ1n) is 21.5. The van der Waals surface area contributed by atoms with Crippen LogP contribution in [-0.2, 0) is 11.8 Å². The molecule has 13 rings (SSSR count). The van der Waals surface area contributed by atoms with E-state index < -0.39 is 5.41 Å². The number of nitrogens with zero attached hydrogens (tertiary/aromatic N) is 2. The second-order valence-electron chi connectivity index (χ2n) is 16.8. The van der Waals surface area contributed by atoms with Crippen LogP contribution in [0.1, 0.15) is 33.4 Å². The molecule has 3 aliphatic rings. The van der Waals surface area contributed by atoms with E-state index >= 15 is 0 Å². The maximum atomic E-state index is 5.42. The van der Waals surface area contributed by atoms with Gasteiger partial charge in [0.1, 0.15) is 0 Å². The minimum Gasteiger partial charge on any atom is -0.228 e. The van der Waals surface area contributed by atoms with Crippen LogP contribution in [0.2, 0.25) is 0 Å². The summed E-state index contributed by atoms with van der Waals surface area (Å²) in [5.41, 5.74) is 24.8. The zero-order valence-corrected chi connectivity index (χ0v) is 33.9. The summed E-state index contributed by atoms with van der Waals surface area (Å²) in [6, 6.07) is 80.2. The molecular weight excluding hydrogens is 749 g/mol. The molecule has 62 heavy (non-hydrogen) atoms. The van der Waals surface area contributed by atoms with Gasteiger partial charge in [0.25, 0.3) is 0 Å². The lowest BCUT2D eigenvalue weighted by Gasteiger charge is -2.35. The van der Waals surface area contributed by atoms with Gasteiger partial charge in [-0.25, -0.2) is 9.97 Å². The van der Waals surface area contributed by atoms with Crippen molar-refractivity contribution in [2.75, 3.05) is 0 Å². The largest absolute Gasteiger partial charge is 0.228 e. The summed E-state index contributed by atoms with van der Waals surface area (Å²) in [6.45, 7) is 0. The average molecular weight is 787 g/mol. The van der Waals surface area contributed by atoms with Crippen LogP contribution in [-0.4, -0.2) is 9.97 Å². The zero-order chi connectivity index (χ0) is 40.8. The Morgan fingerprint density at radius 2 is 0.710 bits per heavy atom. The molecule has 0 radical (unpaired) electrons. The Labute approximate surface area is 361 Å². The first-order valence-corrected chi connectivity index (χ1v) is 21.5. The van der Waals surface area contributed by atoms with Crippen LogP contribution >= 0.6 is 0 Å². The number of rotatable bonds is 4. The summed E-state index contributed by atoms with van der Waals surface area (Å²) in [7, 11) is 0. The van der Waals surface area contributed by atoms with Crippen molar-refractivity contribution in [3.8, 4) is 89.5 Å². The molecule has 1 heterocycles. The van der Waals surface area contributed by atoms with E-state index in [0.29, 0.717) is 5.82 Å². The number of hydrogen-bond donors (Lipinski definition) is 0. The first-order chi connectivity index (χ1) is 30.7. The molecule has 2 heteroatoms. The van der Waals surface area contributed by atoms with Crippen molar-refractivity contribution >= 4 is 0 Å². The van der Waals surface area contributed by atoms with Crippen LogP contribution in [0.4, 0.5) is 0 Å². The van der Waals surface area contributed by atoms with Crippen LogP contribution in [0.15, 0.2) is 218 Å².